The van der Waals surface area contributed by atoms with Crippen molar-refractivity contribution in [2.75, 3.05) is 33.0 Å². The topological polar surface area (TPSA) is 73.9 Å². The summed E-state index contributed by atoms with van der Waals surface area (Å²) in [7, 11) is 0. The number of ether oxygens (including phenoxy) is 3. The first-order valence-electron chi connectivity index (χ1n) is 21.3. The van der Waals surface area contributed by atoms with Crippen molar-refractivity contribution in [1.29, 1.82) is 0 Å². The molecule has 6 heteroatoms. The summed E-state index contributed by atoms with van der Waals surface area (Å²) in [6.07, 6.45) is 38.4. The number of amides is 1. The molecule has 0 rings (SSSR count). The lowest BCUT2D eigenvalue weighted by Gasteiger charge is -2.18. The highest BCUT2D eigenvalue weighted by Crippen LogP contribution is 2.15. The Morgan fingerprint density at radius 1 is 0.458 bits per heavy atom. The summed E-state index contributed by atoms with van der Waals surface area (Å²) in [6.45, 7) is 9.24. The predicted octanol–water partition coefficient (Wildman–Crippen LogP) is 12.2. The molecule has 1 amide bonds. The number of esters is 1. The Bertz CT molecular complexity index is 658. The van der Waals surface area contributed by atoms with Gasteiger partial charge >= 0.3 is 5.97 Å². The normalized spacial score (nSPS) is 12.0. The first kappa shape index (κ1) is 46.9. The number of carbonyl (C=O) groups excluding carboxylic acids is 2. The van der Waals surface area contributed by atoms with Crippen LogP contribution in [0.25, 0.3) is 0 Å². The van der Waals surface area contributed by atoms with Crippen LogP contribution in [-0.4, -0.2) is 51.0 Å². The average Bonchev–Trinajstić information content (AvgIpc) is 3.09. The predicted molar refractivity (Wildman–Crippen MR) is 205 cm³/mol. The first-order chi connectivity index (χ1) is 23.6. The lowest BCUT2D eigenvalue weighted by molar-refractivity contribution is -0.150. The fourth-order valence-corrected chi connectivity index (χ4v) is 6.13. The van der Waals surface area contributed by atoms with Gasteiger partial charge in [0.25, 0.3) is 0 Å². The lowest BCUT2D eigenvalue weighted by Crippen LogP contribution is -2.29. The fourth-order valence-electron chi connectivity index (χ4n) is 6.13. The van der Waals surface area contributed by atoms with Crippen molar-refractivity contribution in [1.82, 2.24) is 5.32 Å². The molecule has 0 aliphatic rings. The minimum absolute atomic E-state index is 0.0983. The molecule has 0 aromatic heterocycles. The summed E-state index contributed by atoms with van der Waals surface area (Å²) >= 11 is 0. The van der Waals surface area contributed by atoms with Gasteiger partial charge in [-0.1, -0.05) is 188 Å². The zero-order valence-electron chi connectivity index (χ0n) is 32.6. The van der Waals surface area contributed by atoms with E-state index < -0.39 is 0 Å². The van der Waals surface area contributed by atoms with Gasteiger partial charge in [0.15, 0.2) is 0 Å². The molecule has 0 aromatic carbocycles. The van der Waals surface area contributed by atoms with E-state index in [-0.39, 0.29) is 37.4 Å². The van der Waals surface area contributed by atoms with Crippen molar-refractivity contribution in [3.8, 4) is 0 Å². The second-order valence-corrected chi connectivity index (χ2v) is 14.3. The molecule has 0 radical (unpaired) electrons. The van der Waals surface area contributed by atoms with Gasteiger partial charge in [-0.05, 0) is 19.3 Å². The molecule has 0 aromatic rings. The van der Waals surface area contributed by atoms with Crippen molar-refractivity contribution >= 4 is 11.9 Å². The molecule has 1 atom stereocenters. The van der Waals surface area contributed by atoms with Crippen LogP contribution in [-0.2, 0) is 23.8 Å². The zero-order chi connectivity index (χ0) is 35.0. The Morgan fingerprint density at radius 2 is 0.854 bits per heavy atom. The van der Waals surface area contributed by atoms with Crippen LogP contribution in [0.1, 0.15) is 220 Å². The third-order valence-electron chi connectivity index (χ3n) is 9.36. The van der Waals surface area contributed by atoms with Gasteiger partial charge in [0.2, 0.25) is 5.91 Å². The minimum Gasteiger partial charge on any atom is -0.463 e. The van der Waals surface area contributed by atoms with Crippen molar-refractivity contribution < 1.29 is 23.8 Å². The fraction of sp³-hybridized carbons (Fsp3) is 0.952. The Morgan fingerprint density at radius 3 is 1.27 bits per heavy atom. The first-order valence-corrected chi connectivity index (χ1v) is 21.3. The van der Waals surface area contributed by atoms with Crippen LogP contribution in [0.4, 0.5) is 0 Å². The van der Waals surface area contributed by atoms with Crippen LogP contribution in [0, 0.1) is 0 Å². The lowest BCUT2D eigenvalue weighted by atomic mass is 10.0. The van der Waals surface area contributed by atoms with Crippen LogP contribution >= 0.6 is 0 Å². The summed E-state index contributed by atoms with van der Waals surface area (Å²) in [5, 5.41) is 2.81. The number of hydrogen-bond acceptors (Lipinski definition) is 5. The van der Waals surface area contributed by atoms with E-state index in [0.29, 0.717) is 19.8 Å². The van der Waals surface area contributed by atoms with E-state index in [1.54, 1.807) is 0 Å². The molecule has 1 unspecified atom stereocenters. The molecular weight excluding hydrogens is 598 g/mol. The van der Waals surface area contributed by atoms with Crippen LogP contribution in [0.5, 0.6) is 0 Å². The molecule has 286 valence electrons. The molecular formula is C42H83NO5. The Balaban J connectivity index is 4.01. The molecule has 6 nitrogen and oxygen atoms in total. The van der Waals surface area contributed by atoms with Gasteiger partial charge in [-0.15, -0.1) is 0 Å². The van der Waals surface area contributed by atoms with E-state index in [1.807, 2.05) is 6.92 Å². The SMILES string of the molecule is CCCCCCCCCCCCCCCCOCC(COC(=O)CCC(=O)NCCC)OCCCCCCCCCCCCCCCC. The van der Waals surface area contributed by atoms with Gasteiger partial charge in [0.05, 0.1) is 13.0 Å². The molecule has 0 bridgehead atoms. The van der Waals surface area contributed by atoms with E-state index in [1.165, 1.54) is 167 Å². The second kappa shape index (κ2) is 40.3. The average molecular weight is 682 g/mol. The van der Waals surface area contributed by atoms with Gasteiger partial charge in [0.1, 0.15) is 12.7 Å². The maximum absolute atomic E-state index is 12.3. The highest BCUT2D eigenvalue weighted by Gasteiger charge is 2.14. The number of hydrogen-bond donors (Lipinski definition) is 1. The zero-order valence-corrected chi connectivity index (χ0v) is 32.6. The quantitative estimate of drug-likeness (QED) is 0.0515. The molecule has 1 N–H and O–H groups in total. The number of rotatable bonds is 40. The summed E-state index contributed by atoms with van der Waals surface area (Å²) < 4.78 is 17.6. The summed E-state index contributed by atoms with van der Waals surface area (Å²) in [6, 6.07) is 0. The van der Waals surface area contributed by atoms with Gasteiger partial charge in [-0.25, -0.2) is 0 Å². The van der Waals surface area contributed by atoms with E-state index in [2.05, 4.69) is 19.2 Å². The standard InChI is InChI=1S/C42H83NO5/c1-4-7-9-11-13-15-17-19-21-23-25-27-29-31-36-46-38-40(39-48-42(45)34-33-41(44)43-35-6-3)47-37-32-30-28-26-24-22-20-18-16-14-12-10-8-5-2/h40H,4-39H2,1-3H3,(H,43,44). The maximum Gasteiger partial charge on any atom is 0.306 e. The second-order valence-electron chi connectivity index (χ2n) is 14.3. The van der Waals surface area contributed by atoms with Crippen molar-refractivity contribution in [3.05, 3.63) is 0 Å². The van der Waals surface area contributed by atoms with E-state index in [0.717, 1.165) is 25.9 Å². The summed E-state index contributed by atoms with van der Waals surface area (Å²) in [5.74, 6) is -0.449. The molecule has 0 saturated carbocycles. The summed E-state index contributed by atoms with van der Waals surface area (Å²) in [4.78, 5) is 24.1. The van der Waals surface area contributed by atoms with Crippen LogP contribution < -0.4 is 5.32 Å². The van der Waals surface area contributed by atoms with E-state index >= 15 is 0 Å². The highest BCUT2D eigenvalue weighted by molar-refractivity contribution is 5.81. The molecule has 0 spiro atoms. The molecule has 0 aliphatic heterocycles. The molecule has 0 saturated heterocycles. The number of nitrogens with one attached hydrogen (secondary N) is 1. The van der Waals surface area contributed by atoms with Gasteiger partial charge in [-0.2, -0.15) is 0 Å². The Labute approximate surface area is 299 Å². The smallest absolute Gasteiger partial charge is 0.306 e. The Kier molecular flexibility index (Phi) is 39.3. The molecule has 0 fully saturated rings. The summed E-state index contributed by atoms with van der Waals surface area (Å²) in [5.41, 5.74) is 0. The van der Waals surface area contributed by atoms with Crippen LogP contribution in [0.3, 0.4) is 0 Å². The molecule has 0 heterocycles. The van der Waals surface area contributed by atoms with Crippen molar-refractivity contribution in [2.45, 2.75) is 226 Å². The third-order valence-corrected chi connectivity index (χ3v) is 9.36. The third kappa shape index (κ3) is 37.7. The maximum atomic E-state index is 12.3. The van der Waals surface area contributed by atoms with Crippen LogP contribution in [0.2, 0.25) is 0 Å². The van der Waals surface area contributed by atoms with Gasteiger partial charge in [0, 0.05) is 26.2 Å². The van der Waals surface area contributed by atoms with Gasteiger partial charge in [-0.3, -0.25) is 9.59 Å². The largest absolute Gasteiger partial charge is 0.463 e. The minimum atomic E-state index is -0.348. The van der Waals surface area contributed by atoms with Gasteiger partial charge < -0.3 is 19.5 Å². The van der Waals surface area contributed by atoms with Crippen molar-refractivity contribution in [2.24, 2.45) is 0 Å². The molecule has 48 heavy (non-hydrogen) atoms. The number of unbranched alkanes of at least 4 members (excludes halogenated alkanes) is 26. The number of carbonyl (C=O) groups is 2. The molecule has 0 aliphatic carbocycles. The van der Waals surface area contributed by atoms with Crippen LogP contribution in [0.15, 0.2) is 0 Å². The highest BCUT2D eigenvalue weighted by atomic mass is 16.6. The monoisotopic (exact) mass is 682 g/mol. The van der Waals surface area contributed by atoms with E-state index in [4.69, 9.17) is 14.2 Å². The Hall–Kier alpha value is -1.14. The van der Waals surface area contributed by atoms with Crippen molar-refractivity contribution in [3.63, 3.8) is 0 Å². The van der Waals surface area contributed by atoms with E-state index in [9.17, 15) is 9.59 Å².